The minimum atomic E-state index is -0.389. The summed E-state index contributed by atoms with van der Waals surface area (Å²) >= 11 is 0. The van der Waals surface area contributed by atoms with E-state index in [0.717, 1.165) is 48.5 Å². The van der Waals surface area contributed by atoms with E-state index in [1.807, 2.05) is 6.08 Å². The predicted molar refractivity (Wildman–Crippen MR) is 133 cm³/mol. The second-order valence-electron chi connectivity index (χ2n) is 12.3. The van der Waals surface area contributed by atoms with Crippen LogP contribution in [0.15, 0.2) is 11.6 Å². The number of hydrogen-bond donors (Lipinski definition) is 1. The average Bonchev–Trinajstić information content (AvgIpc) is 3.20. The third kappa shape index (κ3) is 3.75. The van der Waals surface area contributed by atoms with Crippen LogP contribution in [0.5, 0.6) is 0 Å². The predicted octanol–water partition coefficient (Wildman–Crippen LogP) is 7.74. The van der Waals surface area contributed by atoms with Crippen LogP contribution in [0.4, 0.5) is 0 Å². The number of ketones is 1. The summed E-state index contributed by atoms with van der Waals surface area (Å²) in [5, 5.41) is 11.3. The summed E-state index contributed by atoms with van der Waals surface area (Å²) in [6.07, 6.45) is 17.4. The van der Waals surface area contributed by atoms with E-state index in [9.17, 15) is 9.90 Å². The van der Waals surface area contributed by atoms with Gasteiger partial charge >= 0.3 is 0 Å². The highest BCUT2D eigenvalue weighted by Crippen LogP contribution is 2.69. The van der Waals surface area contributed by atoms with Crippen LogP contribution in [0.25, 0.3) is 0 Å². The average molecular weight is 443 g/mol. The van der Waals surface area contributed by atoms with Crippen molar-refractivity contribution in [3.05, 3.63) is 11.6 Å². The van der Waals surface area contributed by atoms with Gasteiger partial charge in [0.15, 0.2) is 5.78 Å². The Labute approximate surface area is 198 Å². The number of rotatable bonds is 8. The van der Waals surface area contributed by atoms with Crippen molar-refractivity contribution in [1.29, 1.82) is 0 Å². The minimum absolute atomic E-state index is 0.0922. The van der Waals surface area contributed by atoms with Crippen molar-refractivity contribution < 1.29 is 9.90 Å². The fourth-order valence-corrected chi connectivity index (χ4v) is 9.69. The second kappa shape index (κ2) is 9.55. The lowest BCUT2D eigenvalue weighted by molar-refractivity contribution is -0.122. The first-order chi connectivity index (χ1) is 15.4. The first-order valence-corrected chi connectivity index (χ1v) is 14.3. The van der Waals surface area contributed by atoms with E-state index in [4.69, 9.17) is 0 Å². The molecule has 3 fully saturated rings. The van der Waals surface area contributed by atoms with E-state index in [2.05, 4.69) is 34.6 Å². The van der Waals surface area contributed by atoms with Crippen molar-refractivity contribution in [3.63, 3.8) is 0 Å². The van der Waals surface area contributed by atoms with Crippen molar-refractivity contribution >= 4 is 5.78 Å². The smallest absolute Gasteiger partial charge is 0.155 e. The molecule has 2 nitrogen and oxygen atoms in total. The zero-order valence-corrected chi connectivity index (χ0v) is 21.7. The fraction of sp³-hybridized carbons (Fsp3) is 0.900. The van der Waals surface area contributed by atoms with Gasteiger partial charge in [-0.1, -0.05) is 53.9 Å². The van der Waals surface area contributed by atoms with Crippen LogP contribution in [0.2, 0.25) is 0 Å². The highest BCUT2D eigenvalue weighted by molar-refractivity contribution is 5.92. The molecule has 4 aliphatic carbocycles. The monoisotopic (exact) mass is 442 g/mol. The Bertz CT molecular complexity index is 710. The van der Waals surface area contributed by atoms with Gasteiger partial charge in [-0.15, -0.1) is 0 Å². The van der Waals surface area contributed by atoms with Gasteiger partial charge in [0.2, 0.25) is 0 Å². The molecular formula is C30H50O2. The zero-order chi connectivity index (χ0) is 23.1. The van der Waals surface area contributed by atoms with Crippen LogP contribution in [-0.4, -0.2) is 17.0 Å². The summed E-state index contributed by atoms with van der Waals surface area (Å²) in [6.45, 7) is 12.0. The Morgan fingerprint density at radius 3 is 2.44 bits per heavy atom. The molecule has 182 valence electrons. The quantitative estimate of drug-likeness (QED) is 0.417. The van der Waals surface area contributed by atoms with Crippen LogP contribution in [0.1, 0.15) is 118 Å². The van der Waals surface area contributed by atoms with Crippen molar-refractivity contribution in [1.82, 2.24) is 0 Å². The maximum atomic E-state index is 12.3. The topological polar surface area (TPSA) is 37.3 Å². The molecule has 32 heavy (non-hydrogen) atoms. The molecule has 9 unspecified atom stereocenters. The van der Waals surface area contributed by atoms with Crippen LogP contribution in [0.3, 0.4) is 0 Å². The highest BCUT2D eigenvalue weighted by Gasteiger charge is 2.62. The molecule has 9 atom stereocenters. The molecule has 0 bridgehead atoms. The van der Waals surface area contributed by atoms with Crippen LogP contribution in [-0.2, 0) is 4.79 Å². The van der Waals surface area contributed by atoms with Gasteiger partial charge in [0, 0.05) is 6.42 Å². The number of carbonyl (C=O) groups excluding carboxylic acids is 1. The van der Waals surface area contributed by atoms with E-state index in [1.54, 1.807) is 0 Å². The molecular weight excluding hydrogens is 392 g/mol. The third-order valence-corrected chi connectivity index (χ3v) is 11.6. The standard InChI is InChI=1S/C30H50O2/c1-6-20(5)10-11-21(7-2)24-12-13-25-23-19-28(32)27-18-22(31)14-16-30(27,9-4)26(23)15-17-29(24,25)8-3/h18,20-21,23-26,28,32H,6-17,19H2,1-5H3. The maximum absolute atomic E-state index is 12.3. The number of fused-ring (bicyclic) bond motifs is 5. The fourth-order valence-electron chi connectivity index (χ4n) is 9.69. The summed E-state index contributed by atoms with van der Waals surface area (Å²) < 4.78 is 0. The lowest BCUT2D eigenvalue weighted by Crippen LogP contribution is -2.55. The Hall–Kier alpha value is -0.630. The summed E-state index contributed by atoms with van der Waals surface area (Å²) in [5.41, 5.74) is 1.71. The third-order valence-electron chi connectivity index (χ3n) is 11.6. The van der Waals surface area contributed by atoms with Gasteiger partial charge < -0.3 is 5.11 Å². The Kier molecular flexibility index (Phi) is 7.31. The number of aliphatic hydroxyl groups is 1. The molecule has 0 heterocycles. The van der Waals surface area contributed by atoms with E-state index in [-0.39, 0.29) is 17.3 Å². The largest absolute Gasteiger partial charge is 0.389 e. The summed E-state index contributed by atoms with van der Waals surface area (Å²) in [4.78, 5) is 12.3. The van der Waals surface area contributed by atoms with Gasteiger partial charge in [-0.3, -0.25) is 4.79 Å². The Morgan fingerprint density at radius 2 is 1.78 bits per heavy atom. The molecule has 0 spiro atoms. The van der Waals surface area contributed by atoms with Gasteiger partial charge in [0.1, 0.15) is 0 Å². The second-order valence-corrected chi connectivity index (χ2v) is 12.3. The minimum Gasteiger partial charge on any atom is -0.389 e. The van der Waals surface area contributed by atoms with Crippen molar-refractivity contribution in [3.8, 4) is 0 Å². The lowest BCUT2D eigenvalue weighted by atomic mass is 9.44. The van der Waals surface area contributed by atoms with E-state index >= 15 is 0 Å². The SMILES string of the molecule is CCC(C)CCC(CC)C1CCC2C3CC(O)C4=CC(=O)CCC4(CC)C3CCC12CC. The number of carbonyl (C=O) groups is 1. The van der Waals surface area contributed by atoms with Crippen LogP contribution in [0, 0.1) is 46.3 Å². The van der Waals surface area contributed by atoms with E-state index < -0.39 is 0 Å². The normalized spacial score (nSPS) is 43.1. The molecule has 0 aromatic heterocycles. The summed E-state index contributed by atoms with van der Waals surface area (Å²) in [5.74, 6) is 4.97. The molecule has 0 radical (unpaired) electrons. The van der Waals surface area contributed by atoms with Gasteiger partial charge in [0.05, 0.1) is 6.10 Å². The number of aliphatic hydroxyl groups excluding tert-OH is 1. The van der Waals surface area contributed by atoms with Gasteiger partial charge in [0.25, 0.3) is 0 Å². The van der Waals surface area contributed by atoms with Gasteiger partial charge in [-0.05, 0) is 116 Å². The Balaban J connectivity index is 1.62. The highest BCUT2D eigenvalue weighted by atomic mass is 16.3. The molecule has 2 heteroatoms. The van der Waals surface area contributed by atoms with Gasteiger partial charge in [-0.25, -0.2) is 0 Å². The van der Waals surface area contributed by atoms with Crippen LogP contribution >= 0.6 is 0 Å². The molecule has 0 amide bonds. The molecule has 4 rings (SSSR count). The Morgan fingerprint density at radius 1 is 1.00 bits per heavy atom. The summed E-state index contributed by atoms with van der Waals surface area (Å²) in [7, 11) is 0. The molecule has 3 saturated carbocycles. The first-order valence-electron chi connectivity index (χ1n) is 14.3. The van der Waals surface area contributed by atoms with Crippen molar-refractivity contribution in [2.45, 2.75) is 124 Å². The molecule has 0 aromatic rings. The first kappa shape index (κ1) is 24.5. The molecule has 0 aromatic carbocycles. The zero-order valence-electron chi connectivity index (χ0n) is 21.7. The van der Waals surface area contributed by atoms with Crippen molar-refractivity contribution in [2.75, 3.05) is 0 Å². The van der Waals surface area contributed by atoms with E-state index in [0.29, 0.717) is 23.7 Å². The lowest BCUT2D eigenvalue weighted by Gasteiger charge is -2.61. The van der Waals surface area contributed by atoms with Crippen LogP contribution < -0.4 is 0 Å². The molecule has 0 aliphatic heterocycles. The van der Waals surface area contributed by atoms with Crippen molar-refractivity contribution in [2.24, 2.45) is 46.3 Å². The molecule has 4 aliphatic rings. The number of hydrogen-bond acceptors (Lipinski definition) is 2. The molecule has 0 saturated heterocycles. The molecule has 1 N–H and O–H groups in total. The van der Waals surface area contributed by atoms with Gasteiger partial charge in [-0.2, -0.15) is 0 Å². The maximum Gasteiger partial charge on any atom is 0.155 e. The van der Waals surface area contributed by atoms with E-state index in [1.165, 1.54) is 57.8 Å². The summed E-state index contributed by atoms with van der Waals surface area (Å²) in [6, 6.07) is 0.